The van der Waals surface area contributed by atoms with Gasteiger partial charge in [-0.15, -0.1) is 0 Å². The SMILES string of the molecule is CCN(CC(=O)O)C(=O)c1ccc(C)cc1F. The molecule has 1 aromatic rings. The van der Waals surface area contributed by atoms with E-state index in [1.54, 1.807) is 19.9 Å². The highest BCUT2D eigenvalue weighted by Crippen LogP contribution is 2.12. The molecule has 0 unspecified atom stereocenters. The maximum absolute atomic E-state index is 13.5. The van der Waals surface area contributed by atoms with Crippen molar-refractivity contribution in [3.05, 3.63) is 35.1 Å². The number of aryl methyl sites for hydroxylation is 1. The zero-order chi connectivity index (χ0) is 13.0. The van der Waals surface area contributed by atoms with Crippen LogP contribution in [0.1, 0.15) is 22.8 Å². The van der Waals surface area contributed by atoms with E-state index in [0.717, 1.165) is 4.90 Å². The van der Waals surface area contributed by atoms with E-state index in [2.05, 4.69) is 0 Å². The van der Waals surface area contributed by atoms with Crippen molar-refractivity contribution in [3.8, 4) is 0 Å². The Bertz CT molecular complexity index is 445. The van der Waals surface area contributed by atoms with Crippen molar-refractivity contribution in [1.29, 1.82) is 0 Å². The summed E-state index contributed by atoms with van der Waals surface area (Å²) < 4.78 is 13.5. The molecule has 0 fully saturated rings. The summed E-state index contributed by atoms with van der Waals surface area (Å²) in [5.74, 6) is -2.35. The van der Waals surface area contributed by atoms with Crippen molar-refractivity contribution in [1.82, 2.24) is 4.90 Å². The lowest BCUT2D eigenvalue weighted by atomic mass is 10.1. The average Bonchev–Trinajstić information content (AvgIpc) is 2.24. The van der Waals surface area contributed by atoms with E-state index in [9.17, 15) is 14.0 Å². The molecule has 5 heteroatoms. The minimum atomic E-state index is -1.12. The predicted octanol–water partition coefficient (Wildman–Crippen LogP) is 1.68. The smallest absolute Gasteiger partial charge is 0.323 e. The van der Waals surface area contributed by atoms with Crippen LogP contribution in [0.15, 0.2) is 18.2 Å². The third-order valence-electron chi connectivity index (χ3n) is 2.35. The van der Waals surface area contributed by atoms with Crippen LogP contribution >= 0.6 is 0 Å². The summed E-state index contributed by atoms with van der Waals surface area (Å²) in [6.45, 7) is 3.15. The number of carboxylic acid groups (broad SMARTS) is 1. The molecule has 0 aliphatic rings. The lowest BCUT2D eigenvalue weighted by molar-refractivity contribution is -0.137. The van der Waals surface area contributed by atoms with Gasteiger partial charge in [0.1, 0.15) is 12.4 Å². The van der Waals surface area contributed by atoms with Crippen molar-refractivity contribution >= 4 is 11.9 Å². The number of aliphatic carboxylic acids is 1. The molecule has 0 bridgehead atoms. The van der Waals surface area contributed by atoms with Gasteiger partial charge in [-0.3, -0.25) is 9.59 Å². The quantitative estimate of drug-likeness (QED) is 0.869. The van der Waals surface area contributed by atoms with Crippen LogP contribution in [0.2, 0.25) is 0 Å². The summed E-state index contributed by atoms with van der Waals surface area (Å²) in [6.07, 6.45) is 0. The molecular weight excluding hydrogens is 225 g/mol. The van der Waals surface area contributed by atoms with Crippen molar-refractivity contribution in [2.75, 3.05) is 13.1 Å². The third kappa shape index (κ3) is 3.27. The summed E-state index contributed by atoms with van der Waals surface area (Å²) >= 11 is 0. The first-order valence-corrected chi connectivity index (χ1v) is 5.23. The summed E-state index contributed by atoms with van der Waals surface area (Å²) in [5, 5.41) is 8.64. The molecule has 1 rings (SSSR count). The van der Waals surface area contributed by atoms with E-state index in [1.807, 2.05) is 0 Å². The molecule has 0 heterocycles. The first kappa shape index (κ1) is 13.2. The molecular formula is C12H14FNO3. The van der Waals surface area contributed by atoms with E-state index in [0.29, 0.717) is 5.56 Å². The lowest BCUT2D eigenvalue weighted by Gasteiger charge is -2.18. The van der Waals surface area contributed by atoms with Crippen LogP contribution in [-0.4, -0.2) is 35.0 Å². The number of likely N-dealkylation sites (N-methyl/N-ethyl adjacent to an activating group) is 1. The van der Waals surface area contributed by atoms with Crippen LogP contribution in [0.25, 0.3) is 0 Å². The van der Waals surface area contributed by atoms with Gasteiger partial charge in [0.2, 0.25) is 0 Å². The number of hydrogen-bond acceptors (Lipinski definition) is 2. The monoisotopic (exact) mass is 239 g/mol. The molecule has 0 saturated carbocycles. The van der Waals surface area contributed by atoms with Crippen molar-refractivity contribution in [2.45, 2.75) is 13.8 Å². The van der Waals surface area contributed by atoms with E-state index >= 15 is 0 Å². The van der Waals surface area contributed by atoms with Gasteiger partial charge in [0, 0.05) is 6.54 Å². The van der Waals surface area contributed by atoms with Gasteiger partial charge in [-0.05, 0) is 31.5 Å². The van der Waals surface area contributed by atoms with Gasteiger partial charge < -0.3 is 10.0 Å². The first-order valence-electron chi connectivity index (χ1n) is 5.23. The largest absolute Gasteiger partial charge is 0.480 e. The molecule has 92 valence electrons. The van der Waals surface area contributed by atoms with Gasteiger partial charge in [-0.25, -0.2) is 4.39 Å². The highest BCUT2D eigenvalue weighted by Gasteiger charge is 2.19. The number of rotatable bonds is 4. The fourth-order valence-corrected chi connectivity index (χ4v) is 1.45. The Labute approximate surface area is 98.7 Å². The fraction of sp³-hybridized carbons (Fsp3) is 0.333. The van der Waals surface area contributed by atoms with E-state index in [4.69, 9.17) is 5.11 Å². The van der Waals surface area contributed by atoms with Crippen LogP contribution in [0.5, 0.6) is 0 Å². The normalized spacial score (nSPS) is 10.1. The number of nitrogens with zero attached hydrogens (tertiary/aromatic N) is 1. The highest BCUT2D eigenvalue weighted by molar-refractivity contribution is 5.96. The Morgan fingerprint density at radius 2 is 2.06 bits per heavy atom. The third-order valence-corrected chi connectivity index (χ3v) is 2.35. The summed E-state index contributed by atoms with van der Waals surface area (Å²) in [4.78, 5) is 23.5. The number of carboxylic acids is 1. The van der Waals surface area contributed by atoms with E-state index in [1.165, 1.54) is 12.1 Å². The molecule has 1 N–H and O–H groups in total. The number of halogens is 1. The summed E-state index contributed by atoms with van der Waals surface area (Å²) in [5.41, 5.74) is 0.610. The second-order valence-electron chi connectivity index (χ2n) is 3.70. The number of hydrogen-bond donors (Lipinski definition) is 1. The van der Waals surface area contributed by atoms with Gasteiger partial charge in [-0.2, -0.15) is 0 Å². The van der Waals surface area contributed by atoms with Gasteiger partial charge in [-0.1, -0.05) is 6.07 Å². The number of carbonyl (C=O) groups is 2. The van der Waals surface area contributed by atoms with Gasteiger partial charge >= 0.3 is 5.97 Å². The molecule has 0 radical (unpaired) electrons. The van der Waals surface area contributed by atoms with E-state index in [-0.39, 0.29) is 12.1 Å². The topological polar surface area (TPSA) is 57.6 Å². The number of carbonyl (C=O) groups excluding carboxylic acids is 1. The molecule has 0 aliphatic carbocycles. The standard InChI is InChI=1S/C12H14FNO3/c1-3-14(7-11(15)16)12(17)9-5-4-8(2)6-10(9)13/h4-6H,3,7H2,1-2H3,(H,15,16). The fourth-order valence-electron chi connectivity index (χ4n) is 1.45. The Morgan fingerprint density at radius 1 is 1.41 bits per heavy atom. The molecule has 1 aromatic carbocycles. The molecule has 0 aromatic heterocycles. The first-order chi connectivity index (χ1) is 7.95. The highest BCUT2D eigenvalue weighted by atomic mass is 19.1. The molecule has 0 atom stereocenters. The van der Waals surface area contributed by atoms with Gasteiger partial charge in [0.05, 0.1) is 5.56 Å². The Balaban J connectivity index is 2.97. The van der Waals surface area contributed by atoms with Crippen LogP contribution in [0.4, 0.5) is 4.39 Å². The molecule has 1 amide bonds. The maximum atomic E-state index is 13.5. The Kier molecular flexibility index (Phi) is 4.20. The summed E-state index contributed by atoms with van der Waals surface area (Å²) in [7, 11) is 0. The molecule has 0 aliphatic heterocycles. The molecule has 17 heavy (non-hydrogen) atoms. The number of benzene rings is 1. The second kappa shape index (κ2) is 5.43. The minimum absolute atomic E-state index is 0.0984. The van der Waals surface area contributed by atoms with Gasteiger partial charge in [0.25, 0.3) is 5.91 Å². The second-order valence-corrected chi connectivity index (χ2v) is 3.70. The van der Waals surface area contributed by atoms with Crippen LogP contribution in [0.3, 0.4) is 0 Å². The summed E-state index contributed by atoms with van der Waals surface area (Å²) in [6, 6.07) is 4.24. The zero-order valence-electron chi connectivity index (χ0n) is 9.74. The van der Waals surface area contributed by atoms with Crippen molar-refractivity contribution < 1.29 is 19.1 Å². The maximum Gasteiger partial charge on any atom is 0.323 e. The van der Waals surface area contributed by atoms with Crippen LogP contribution in [-0.2, 0) is 4.79 Å². The Hall–Kier alpha value is -1.91. The molecule has 4 nitrogen and oxygen atoms in total. The Morgan fingerprint density at radius 3 is 2.53 bits per heavy atom. The van der Waals surface area contributed by atoms with Crippen molar-refractivity contribution in [3.63, 3.8) is 0 Å². The van der Waals surface area contributed by atoms with Gasteiger partial charge in [0.15, 0.2) is 0 Å². The van der Waals surface area contributed by atoms with E-state index < -0.39 is 24.2 Å². The molecule has 0 spiro atoms. The predicted molar refractivity (Wildman–Crippen MR) is 60.4 cm³/mol. The zero-order valence-corrected chi connectivity index (χ0v) is 9.74. The van der Waals surface area contributed by atoms with Crippen molar-refractivity contribution in [2.24, 2.45) is 0 Å². The molecule has 0 saturated heterocycles. The lowest BCUT2D eigenvalue weighted by Crippen LogP contribution is -2.35. The van der Waals surface area contributed by atoms with Crippen LogP contribution < -0.4 is 0 Å². The minimum Gasteiger partial charge on any atom is -0.480 e. The average molecular weight is 239 g/mol. The number of amides is 1. The van der Waals surface area contributed by atoms with Crippen LogP contribution in [0, 0.1) is 12.7 Å².